The van der Waals surface area contributed by atoms with Crippen molar-refractivity contribution in [3.8, 4) is 0 Å². The second kappa shape index (κ2) is 3.18. The van der Waals surface area contributed by atoms with Crippen LogP contribution in [0.25, 0.3) is 10.9 Å². The zero-order valence-electron chi connectivity index (χ0n) is 7.06. The molecule has 0 fully saturated rings. The molecule has 0 unspecified atom stereocenters. The average Bonchev–Trinajstić information content (AvgIpc) is 2.46. The molecule has 0 N–H and O–H groups in total. The van der Waals surface area contributed by atoms with Gasteiger partial charge < -0.3 is 0 Å². The highest BCUT2D eigenvalue weighted by atomic mass is 32.1. The van der Waals surface area contributed by atoms with Gasteiger partial charge in [0.15, 0.2) is 0 Å². The van der Waals surface area contributed by atoms with Crippen LogP contribution in [0, 0.1) is 0 Å². The van der Waals surface area contributed by atoms with Crippen molar-refractivity contribution in [2.24, 2.45) is 0 Å². The van der Waals surface area contributed by atoms with Crippen molar-refractivity contribution in [1.82, 2.24) is 3.96 Å². The third kappa shape index (κ3) is 1.31. The molecule has 2 aromatic rings. The highest BCUT2D eigenvalue weighted by Gasteiger charge is 2.03. The first-order valence-electron chi connectivity index (χ1n) is 4.02. The lowest BCUT2D eigenvalue weighted by Gasteiger charge is -1.96. The predicted octanol–water partition coefficient (Wildman–Crippen LogP) is 2.25. The van der Waals surface area contributed by atoms with Gasteiger partial charge in [-0.05, 0) is 23.7 Å². The monoisotopic (exact) mass is 191 g/mol. The molecule has 0 bridgehead atoms. The lowest BCUT2D eigenvalue weighted by atomic mass is 10.2. The van der Waals surface area contributed by atoms with E-state index in [0.717, 1.165) is 10.9 Å². The van der Waals surface area contributed by atoms with Crippen molar-refractivity contribution < 1.29 is 0 Å². The summed E-state index contributed by atoms with van der Waals surface area (Å²) in [6, 6.07) is 7.63. The van der Waals surface area contributed by atoms with Gasteiger partial charge in [-0.1, -0.05) is 18.2 Å². The number of rotatable bonds is 2. The second-order valence-electron chi connectivity index (χ2n) is 2.75. The van der Waals surface area contributed by atoms with Crippen LogP contribution in [0.5, 0.6) is 0 Å². The van der Waals surface area contributed by atoms with E-state index in [9.17, 15) is 4.79 Å². The normalized spacial score (nSPS) is 10.5. The van der Waals surface area contributed by atoms with Gasteiger partial charge in [0.25, 0.3) is 4.74 Å². The molecule has 1 aromatic heterocycles. The van der Waals surface area contributed by atoms with Crippen molar-refractivity contribution >= 4 is 22.4 Å². The summed E-state index contributed by atoms with van der Waals surface area (Å²) in [6.45, 7) is 4.36. The van der Waals surface area contributed by atoms with Crippen molar-refractivity contribution in [3.63, 3.8) is 0 Å². The minimum Gasteiger partial charge on any atom is -0.290 e. The molecule has 1 heterocycles. The first-order chi connectivity index (χ1) is 6.33. The van der Waals surface area contributed by atoms with Gasteiger partial charge in [-0.15, -0.1) is 6.58 Å². The summed E-state index contributed by atoms with van der Waals surface area (Å²) in [7, 11) is 0. The Labute approximate surface area is 79.9 Å². The van der Waals surface area contributed by atoms with Gasteiger partial charge >= 0.3 is 0 Å². The summed E-state index contributed by atoms with van der Waals surface area (Å²) in [6.07, 6.45) is 1.79. The average molecular weight is 191 g/mol. The van der Waals surface area contributed by atoms with Gasteiger partial charge in [0, 0.05) is 0 Å². The van der Waals surface area contributed by atoms with Crippen LogP contribution in [-0.4, -0.2) is 3.96 Å². The summed E-state index contributed by atoms with van der Waals surface area (Å²) < 4.78 is 2.07. The fourth-order valence-electron chi connectivity index (χ4n) is 1.32. The van der Waals surface area contributed by atoms with Gasteiger partial charge in [0.2, 0.25) is 0 Å². The van der Waals surface area contributed by atoms with Crippen LogP contribution in [0.4, 0.5) is 0 Å². The van der Waals surface area contributed by atoms with Crippen LogP contribution >= 0.6 is 11.5 Å². The van der Waals surface area contributed by atoms with Crippen LogP contribution in [0.2, 0.25) is 0 Å². The summed E-state index contributed by atoms with van der Waals surface area (Å²) in [5.74, 6) is 0. The minimum atomic E-state index is 0.123. The maximum Gasteiger partial charge on any atom is 0.257 e. The van der Waals surface area contributed by atoms with Crippen LogP contribution < -0.4 is 4.74 Å². The molecule has 0 aliphatic heterocycles. The number of nitrogens with zero attached hydrogens (tertiary/aromatic N) is 1. The lowest BCUT2D eigenvalue weighted by Crippen LogP contribution is -1.88. The van der Waals surface area contributed by atoms with E-state index in [0.29, 0.717) is 6.54 Å². The van der Waals surface area contributed by atoms with Gasteiger partial charge in [-0.25, -0.2) is 0 Å². The number of allylic oxidation sites excluding steroid dienone is 1. The van der Waals surface area contributed by atoms with E-state index in [4.69, 9.17) is 0 Å². The molecule has 2 nitrogen and oxygen atoms in total. The maximum atomic E-state index is 11.4. The van der Waals surface area contributed by atoms with E-state index < -0.39 is 0 Å². The Hall–Kier alpha value is -1.35. The molecule has 3 heteroatoms. The Morgan fingerprint density at radius 1 is 1.46 bits per heavy atom. The molecule has 0 aliphatic rings. The zero-order valence-corrected chi connectivity index (χ0v) is 7.88. The van der Waals surface area contributed by atoms with E-state index >= 15 is 0 Å². The third-order valence-electron chi connectivity index (χ3n) is 1.88. The van der Waals surface area contributed by atoms with Crippen molar-refractivity contribution in [2.45, 2.75) is 6.54 Å². The Morgan fingerprint density at radius 2 is 2.23 bits per heavy atom. The van der Waals surface area contributed by atoms with Crippen LogP contribution in [0.1, 0.15) is 0 Å². The largest absolute Gasteiger partial charge is 0.290 e. The molecule has 2 rings (SSSR count). The van der Waals surface area contributed by atoms with E-state index in [2.05, 4.69) is 6.58 Å². The SMILES string of the molecule is C=CCn1sc(=O)c2ccccc21. The molecule has 0 radical (unpaired) electrons. The maximum absolute atomic E-state index is 11.4. The molecule has 1 aromatic carbocycles. The van der Waals surface area contributed by atoms with E-state index in [1.165, 1.54) is 11.5 Å². The molecule has 0 atom stereocenters. The van der Waals surface area contributed by atoms with Gasteiger partial charge in [-0.2, -0.15) is 0 Å². The highest BCUT2D eigenvalue weighted by Crippen LogP contribution is 2.13. The van der Waals surface area contributed by atoms with Crippen molar-refractivity contribution in [1.29, 1.82) is 0 Å². The zero-order chi connectivity index (χ0) is 9.26. The number of hydrogen-bond acceptors (Lipinski definition) is 2. The standard InChI is InChI=1S/C10H9NOS/c1-2-7-11-9-6-4-3-5-8(9)10(12)13-11/h2-6H,1,7H2. The van der Waals surface area contributed by atoms with Gasteiger partial charge in [-0.3, -0.25) is 8.75 Å². The Balaban J connectivity index is 2.77. The predicted molar refractivity (Wildman–Crippen MR) is 56.3 cm³/mol. The number of aromatic nitrogens is 1. The second-order valence-corrected chi connectivity index (χ2v) is 3.74. The first-order valence-corrected chi connectivity index (χ1v) is 4.80. The van der Waals surface area contributed by atoms with Crippen LogP contribution in [-0.2, 0) is 6.54 Å². The molecule has 0 saturated heterocycles. The van der Waals surface area contributed by atoms with Crippen LogP contribution in [0.15, 0.2) is 41.7 Å². The summed E-state index contributed by atoms with van der Waals surface area (Å²) in [5, 5.41) is 0.800. The molecular weight excluding hydrogens is 182 g/mol. The third-order valence-corrected chi connectivity index (χ3v) is 2.83. The summed E-state index contributed by atoms with van der Waals surface area (Å²) >= 11 is 1.24. The summed E-state index contributed by atoms with van der Waals surface area (Å²) in [5.41, 5.74) is 0.998. The van der Waals surface area contributed by atoms with Crippen molar-refractivity contribution in [3.05, 3.63) is 46.5 Å². The Kier molecular flexibility index (Phi) is 2.02. The molecule has 0 spiro atoms. The molecule has 66 valence electrons. The fourth-order valence-corrected chi connectivity index (χ4v) is 2.22. The van der Waals surface area contributed by atoms with E-state index in [1.54, 1.807) is 6.08 Å². The Morgan fingerprint density at radius 3 is 3.00 bits per heavy atom. The highest BCUT2D eigenvalue weighted by molar-refractivity contribution is 7.05. The lowest BCUT2D eigenvalue weighted by molar-refractivity contribution is 0.953. The van der Waals surface area contributed by atoms with E-state index in [1.807, 2.05) is 28.2 Å². The molecular formula is C10H9NOS. The molecule has 13 heavy (non-hydrogen) atoms. The van der Waals surface area contributed by atoms with E-state index in [-0.39, 0.29) is 4.74 Å². The number of fused-ring (bicyclic) bond motifs is 1. The van der Waals surface area contributed by atoms with Gasteiger partial charge in [0.05, 0.1) is 17.4 Å². The molecule has 0 aliphatic carbocycles. The first kappa shape index (κ1) is 8.26. The molecule has 0 saturated carbocycles. The topological polar surface area (TPSA) is 22.0 Å². The number of hydrogen-bond donors (Lipinski definition) is 0. The minimum absolute atomic E-state index is 0.123. The fraction of sp³-hybridized carbons (Fsp3) is 0.100. The van der Waals surface area contributed by atoms with Crippen LogP contribution in [0.3, 0.4) is 0 Å². The van der Waals surface area contributed by atoms with Crippen molar-refractivity contribution in [2.75, 3.05) is 0 Å². The molecule has 0 amide bonds. The van der Waals surface area contributed by atoms with Gasteiger partial charge in [0.1, 0.15) is 0 Å². The summed E-state index contributed by atoms with van der Waals surface area (Å²) in [4.78, 5) is 11.4. The Bertz CT molecular complexity index is 495. The number of para-hydroxylation sites is 1. The smallest absolute Gasteiger partial charge is 0.257 e. The quantitative estimate of drug-likeness (QED) is 0.667. The number of benzene rings is 1.